The molecule has 3 aromatic rings. The Labute approximate surface area is 220 Å². The number of aliphatic hydroxyl groups is 1. The van der Waals surface area contributed by atoms with Crippen molar-refractivity contribution in [2.45, 2.75) is 19.9 Å². The van der Waals surface area contributed by atoms with Crippen molar-refractivity contribution in [2.75, 3.05) is 24.7 Å². The molecule has 0 saturated carbocycles. The molecule has 2 aromatic carbocycles. The third-order valence-corrected chi connectivity index (χ3v) is 7.25. The van der Waals surface area contributed by atoms with E-state index in [1.54, 1.807) is 56.3 Å². The molecule has 0 bridgehead atoms. The number of rotatable bonds is 5. The van der Waals surface area contributed by atoms with E-state index in [4.69, 9.17) is 25.8 Å². The number of fused-ring (bicyclic) bond motifs is 1. The van der Waals surface area contributed by atoms with Crippen molar-refractivity contribution in [1.82, 2.24) is 4.98 Å². The van der Waals surface area contributed by atoms with Gasteiger partial charge < -0.3 is 19.3 Å². The van der Waals surface area contributed by atoms with Gasteiger partial charge in [-0.2, -0.15) is 0 Å². The van der Waals surface area contributed by atoms with Gasteiger partial charge in [-0.15, -0.1) is 0 Å². The quantitative estimate of drug-likeness (QED) is 0.215. The summed E-state index contributed by atoms with van der Waals surface area (Å²) in [6.07, 6.45) is 0. The molecule has 0 radical (unpaired) electrons. The van der Waals surface area contributed by atoms with Gasteiger partial charge in [0.2, 0.25) is 0 Å². The van der Waals surface area contributed by atoms with Crippen LogP contribution in [-0.4, -0.2) is 47.6 Å². The largest absolute Gasteiger partial charge is 0.507 e. The first-order valence-corrected chi connectivity index (χ1v) is 12.6. The Morgan fingerprint density at radius 3 is 2.68 bits per heavy atom. The highest BCUT2D eigenvalue weighted by atomic mass is 35.5. The number of aromatic nitrogens is 1. The first kappa shape index (κ1) is 24.8. The summed E-state index contributed by atoms with van der Waals surface area (Å²) in [4.78, 5) is 44.9. The molecule has 1 atom stereocenters. The maximum absolute atomic E-state index is 13.4. The summed E-state index contributed by atoms with van der Waals surface area (Å²) in [5.74, 6) is -1.83. The van der Waals surface area contributed by atoms with E-state index >= 15 is 0 Å². The van der Waals surface area contributed by atoms with Crippen molar-refractivity contribution in [1.29, 1.82) is 0 Å². The minimum absolute atomic E-state index is 0.119. The molecule has 190 valence electrons. The number of nitrogens with zero attached hydrogens (tertiary/aromatic N) is 2. The number of Topliss-reactive ketones (excluding diaryl/α,β-unsaturated/α-hetero) is 1. The van der Waals surface area contributed by atoms with E-state index in [1.807, 2.05) is 0 Å². The van der Waals surface area contributed by atoms with Gasteiger partial charge in [0.1, 0.15) is 23.9 Å². The fourth-order valence-electron chi connectivity index (χ4n) is 4.24. The van der Waals surface area contributed by atoms with Gasteiger partial charge in [-0.3, -0.25) is 14.5 Å². The van der Waals surface area contributed by atoms with Crippen LogP contribution >= 0.6 is 22.9 Å². The van der Waals surface area contributed by atoms with Gasteiger partial charge in [-0.05, 0) is 49.7 Å². The second kappa shape index (κ2) is 9.87. The number of thiazole rings is 1. The first-order chi connectivity index (χ1) is 17.8. The molecule has 37 heavy (non-hydrogen) atoms. The van der Waals surface area contributed by atoms with Crippen molar-refractivity contribution in [3.8, 4) is 11.5 Å². The minimum Gasteiger partial charge on any atom is -0.507 e. The standard InChI is InChI=1S/C26H21ClN2O7S/c1-3-34-25(33)23-13(2)28-26(37-23)29-20(14-5-4-6-16(27)11-14)19(22(31)24(29)32)21(30)15-7-8-17-18(12-15)36-10-9-35-17/h4-8,11-12,20,30H,3,9-10H2,1-2H3. The molecule has 1 amide bonds. The molecule has 2 aliphatic rings. The van der Waals surface area contributed by atoms with Gasteiger partial charge in [-0.1, -0.05) is 35.1 Å². The molecular weight excluding hydrogens is 520 g/mol. The fourth-order valence-corrected chi connectivity index (χ4v) is 5.43. The molecule has 0 spiro atoms. The molecule has 5 rings (SSSR count). The Balaban J connectivity index is 1.67. The summed E-state index contributed by atoms with van der Waals surface area (Å²) >= 11 is 7.18. The second-order valence-corrected chi connectivity index (χ2v) is 9.63. The Kier molecular flexibility index (Phi) is 6.61. The van der Waals surface area contributed by atoms with E-state index in [0.29, 0.717) is 41.0 Å². The molecule has 2 aliphatic heterocycles. The van der Waals surface area contributed by atoms with Crippen molar-refractivity contribution >= 4 is 51.5 Å². The number of aliphatic hydroxyl groups excluding tert-OH is 1. The number of amides is 1. The summed E-state index contributed by atoms with van der Waals surface area (Å²) in [7, 11) is 0. The number of carbonyl (C=O) groups is 3. The maximum atomic E-state index is 13.4. The molecule has 3 heterocycles. The molecule has 1 aromatic heterocycles. The molecule has 1 saturated heterocycles. The highest BCUT2D eigenvalue weighted by molar-refractivity contribution is 7.17. The van der Waals surface area contributed by atoms with Gasteiger partial charge in [-0.25, -0.2) is 9.78 Å². The lowest BCUT2D eigenvalue weighted by atomic mass is 9.95. The summed E-state index contributed by atoms with van der Waals surface area (Å²) < 4.78 is 16.2. The number of halogens is 1. The van der Waals surface area contributed by atoms with Gasteiger partial charge in [0.05, 0.1) is 23.9 Å². The molecule has 1 fully saturated rings. The molecule has 1 unspecified atom stereocenters. The predicted molar refractivity (Wildman–Crippen MR) is 136 cm³/mol. The van der Waals surface area contributed by atoms with E-state index in [1.165, 1.54) is 4.90 Å². The lowest BCUT2D eigenvalue weighted by Crippen LogP contribution is -2.29. The van der Waals surface area contributed by atoms with Crippen molar-refractivity contribution in [3.05, 3.63) is 74.8 Å². The number of ether oxygens (including phenoxy) is 3. The second-order valence-electron chi connectivity index (χ2n) is 8.21. The SMILES string of the molecule is CCOC(=O)c1sc(N2C(=O)C(=O)C(=C(O)c3ccc4c(c3)OCCO4)C2c2cccc(Cl)c2)nc1C. The number of ketones is 1. The monoisotopic (exact) mass is 540 g/mol. The van der Waals surface area contributed by atoms with Crippen LogP contribution in [-0.2, 0) is 14.3 Å². The third kappa shape index (κ3) is 4.42. The Morgan fingerprint density at radius 2 is 1.95 bits per heavy atom. The van der Waals surface area contributed by atoms with Crippen molar-refractivity contribution in [2.24, 2.45) is 0 Å². The van der Waals surface area contributed by atoms with Gasteiger partial charge in [0.25, 0.3) is 5.78 Å². The van der Waals surface area contributed by atoms with E-state index in [-0.39, 0.29) is 33.5 Å². The van der Waals surface area contributed by atoms with Crippen LogP contribution in [0.3, 0.4) is 0 Å². The molecule has 9 nitrogen and oxygen atoms in total. The van der Waals surface area contributed by atoms with Crippen LogP contribution in [0.1, 0.15) is 39.5 Å². The highest BCUT2D eigenvalue weighted by Gasteiger charge is 2.48. The zero-order valence-electron chi connectivity index (χ0n) is 19.8. The van der Waals surface area contributed by atoms with E-state index in [2.05, 4.69) is 4.98 Å². The average Bonchev–Trinajstić information content (AvgIpc) is 3.40. The summed E-state index contributed by atoms with van der Waals surface area (Å²) in [6, 6.07) is 10.4. The van der Waals surface area contributed by atoms with Crippen molar-refractivity contribution in [3.63, 3.8) is 0 Å². The van der Waals surface area contributed by atoms with Crippen LogP contribution in [0.25, 0.3) is 5.76 Å². The first-order valence-electron chi connectivity index (χ1n) is 11.4. The Morgan fingerprint density at radius 1 is 1.19 bits per heavy atom. The number of aryl methyl sites for hydroxylation is 1. The maximum Gasteiger partial charge on any atom is 0.350 e. The van der Waals surface area contributed by atoms with Gasteiger partial charge in [0, 0.05) is 10.6 Å². The minimum atomic E-state index is -1.05. The number of hydrogen-bond acceptors (Lipinski definition) is 9. The molecule has 0 aliphatic carbocycles. The number of benzene rings is 2. The number of carbonyl (C=O) groups excluding carboxylic acids is 3. The zero-order chi connectivity index (χ0) is 26.3. The third-order valence-electron chi connectivity index (χ3n) is 5.88. The van der Waals surface area contributed by atoms with Crippen LogP contribution in [0, 0.1) is 6.92 Å². The number of anilines is 1. The van der Waals surface area contributed by atoms with Crippen LogP contribution < -0.4 is 14.4 Å². The van der Waals surface area contributed by atoms with Gasteiger partial charge in [0.15, 0.2) is 16.6 Å². The summed E-state index contributed by atoms with van der Waals surface area (Å²) in [6.45, 7) is 4.22. The Bertz CT molecular complexity index is 1460. The number of hydrogen-bond donors (Lipinski definition) is 1. The van der Waals surface area contributed by atoms with Crippen LogP contribution in [0.2, 0.25) is 5.02 Å². The number of esters is 1. The van der Waals surface area contributed by atoms with Crippen molar-refractivity contribution < 1.29 is 33.7 Å². The molecule has 1 N–H and O–H groups in total. The molecule has 11 heteroatoms. The van der Waals surface area contributed by atoms with E-state index in [0.717, 1.165) is 11.3 Å². The van der Waals surface area contributed by atoms with Gasteiger partial charge >= 0.3 is 11.9 Å². The smallest absolute Gasteiger partial charge is 0.350 e. The van der Waals surface area contributed by atoms with Crippen LogP contribution in [0.5, 0.6) is 11.5 Å². The lowest BCUT2D eigenvalue weighted by molar-refractivity contribution is -0.132. The molecular formula is C26H21ClN2O7S. The summed E-state index contributed by atoms with van der Waals surface area (Å²) in [5.41, 5.74) is 0.972. The average molecular weight is 541 g/mol. The fraction of sp³-hybridized carbons (Fsp3) is 0.231. The normalized spacial score (nSPS) is 18.2. The highest BCUT2D eigenvalue weighted by Crippen LogP contribution is 2.45. The Hall–Kier alpha value is -3.89. The topological polar surface area (TPSA) is 115 Å². The zero-order valence-corrected chi connectivity index (χ0v) is 21.4. The van der Waals surface area contributed by atoms with Crippen LogP contribution in [0.4, 0.5) is 5.13 Å². The van der Waals surface area contributed by atoms with E-state index < -0.39 is 23.7 Å². The lowest BCUT2D eigenvalue weighted by Gasteiger charge is -2.23. The predicted octanol–water partition coefficient (Wildman–Crippen LogP) is 4.68. The summed E-state index contributed by atoms with van der Waals surface area (Å²) in [5, 5.41) is 11.9. The van der Waals surface area contributed by atoms with E-state index in [9.17, 15) is 19.5 Å². The van der Waals surface area contributed by atoms with Crippen LogP contribution in [0.15, 0.2) is 48.0 Å².